The highest BCUT2D eigenvalue weighted by molar-refractivity contribution is 6.21. The fourth-order valence-electron chi connectivity index (χ4n) is 12.2. The Morgan fingerprint density at radius 3 is 1.61 bits per heavy atom. The monoisotopic (exact) mass is 837 g/mol. The highest BCUT2D eigenvalue weighted by Crippen LogP contribution is 2.67. The molecule has 1 unspecified atom stereocenters. The summed E-state index contributed by atoms with van der Waals surface area (Å²) in [6, 6.07) is 83.8. The van der Waals surface area contributed by atoms with E-state index < -0.39 is 5.41 Å². The molecule has 14 rings (SSSR count). The van der Waals surface area contributed by atoms with Crippen molar-refractivity contribution in [2.45, 2.75) is 18.3 Å². The fraction of sp³-hybridized carbons (Fsp3) is 0.0462. The Hall–Kier alpha value is -8.26. The Labute approximate surface area is 385 Å². The molecule has 1 atom stereocenters. The average Bonchev–Trinajstić information content (AvgIpc) is 4.00. The van der Waals surface area contributed by atoms with Gasteiger partial charge in [-0.3, -0.25) is 0 Å². The van der Waals surface area contributed by atoms with Gasteiger partial charge < -0.3 is 4.90 Å². The second-order valence-electron chi connectivity index (χ2n) is 18.2. The van der Waals surface area contributed by atoms with Crippen LogP contribution in [-0.2, 0) is 5.41 Å². The van der Waals surface area contributed by atoms with Gasteiger partial charge in [0.25, 0.3) is 0 Å². The third kappa shape index (κ3) is 5.17. The second-order valence-corrected chi connectivity index (χ2v) is 18.2. The zero-order chi connectivity index (χ0) is 43.3. The van der Waals surface area contributed by atoms with Crippen LogP contribution >= 0.6 is 0 Å². The van der Waals surface area contributed by atoms with E-state index in [2.05, 4.69) is 242 Å². The molecule has 10 aromatic carbocycles. The molecule has 1 spiro atoms. The van der Waals surface area contributed by atoms with Crippen LogP contribution in [0.4, 0.5) is 17.1 Å². The van der Waals surface area contributed by atoms with E-state index in [1.54, 1.807) is 0 Å². The maximum atomic E-state index is 2.60. The van der Waals surface area contributed by atoms with E-state index in [0.717, 1.165) is 24.2 Å². The van der Waals surface area contributed by atoms with Gasteiger partial charge in [0.15, 0.2) is 0 Å². The summed E-state index contributed by atoms with van der Waals surface area (Å²) in [5.41, 5.74) is 26.5. The van der Waals surface area contributed by atoms with E-state index in [1.807, 2.05) is 0 Å². The third-order valence-electron chi connectivity index (χ3n) is 14.9. The molecular weight excluding hydrogens is 795 g/mol. The highest BCUT2D eigenvalue weighted by Gasteiger charge is 2.53. The molecular formula is C65H43N. The van der Waals surface area contributed by atoms with Gasteiger partial charge in [0.1, 0.15) is 0 Å². The Bertz CT molecular complexity index is 3670. The maximum absolute atomic E-state index is 2.60. The van der Waals surface area contributed by atoms with Crippen molar-refractivity contribution in [1.82, 2.24) is 0 Å². The van der Waals surface area contributed by atoms with E-state index in [0.29, 0.717) is 0 Å². The van der Waals surface area contributed by atoms with E-state index >= 15 is 0 Å². The number of hydrogen-bond acceptors (Lipinski definition) is 1. The van der Waals surface area contributed by atoms with Gasteiger partial charge in [0, 0.05) is 16.8 Å². The van der Waals surface area contributed by atoms with Crippen LogP contribution in [0, 0.1) is 0 Å². The lowest BCUT2D eigenvalue weighted by atomic mass is 9.70. The number of anilines is 3. The van der Waals surface area contributed by atoms with Crippen LogP contribution < -0.4 is 4.90 Å². The highest BCUT2D eigenvalue weighted by atomic mass is 15.1. The number of hydrogen-bond donors (Lipinski definition) is 0. The zero-order valence-corrected chi connectivity index (χ0v) is 36.4. The summed E-state index contributed by atoms with van der Waals surface area (Å²) in [4.78, 5) is 2.52. The third-order valence-corrected chi connectivity index (χ3v) is 14.9. The first kappa shape index (κ1) is 37.1. The zero-order valence-electron chi connectivity index (χ0n) is 36.4. The van der Waals surface area contributed by atoms with Crippen molar-refractivity contribution in [3.63, 3.8) is 0 Å². The van der Waals surface area contributed by atoms with Crippen molar-refractivity contribution >= 4 is 39.0 Å². The molecule has 66 heavy (non-hydrogen) atoms. The molecule has 308 valence electrons. The summed E-state index contributed by atoms with van der Waals surface area (Å²) in [6.45, 7) is 0. The van der Waals surface area contributed by atoms with Crippen LogP contribution in [0.1, 0.15) is 46.2 Å². The summed E-state index contributed by atoms with van der Waals surface area (Å²) in [5.74, 6) is 0. The van der Waals surface area contributed by atoms with Gasteiger partial charge >= 0.3 is 0 Å². The first-order chi connectivity index (χ1) is 32.8. The van der Waals surface area contributed by atoms with Crippen molar-refractivity contribution in [2.75, 3.05) is 4.90 Å². The molecule has 0 bridgehead atoms. The Balaban J connectivity index is 1.01. The number of benzene rings is 10. The number of fused-ring (bicyclic) bond motifs is 13. The minimum Gasteiger partial charge on any atom is -0.309 e. The van der Waals surface area contributed by atoms with Gasteiger partial charge in [0.2, 0.25) is 0 Å². The van der Waals surface area contributed by atoms with Crippen molar-refractivity contribution in [1.29, 1.82) is 0 Å². The molecule has 0 saturated heterocycles. The molecule has 10 aromatic rings. The van der Waals surface area contributed by atoms with Crippen molar-refractivity contribution in [3.8, 4) is 55.6 Å². The second kappa shape index (κ2) is 14.4. The van der Waals surface area contributed by atoms with Crippen molar-refractivity contribution in [2.24, 2.45) is 0 Å². The Morgan fingerprint density at radius 2 is 0.894 bits per heavy atom. The number of nitrogens with zero attached hydrogens (tertiary/aromatic N) is 1. The lowest BCUT2D eigenvalue weighted by Gasteiger charge is -2.32. The molecule has 0 N–H and O–H groups in total. The van der Waals surface area contributed by atoms with Crippen molar-refractivity contribution < 1.29 is 0 Å². The normalized spacial score (nSPS) is 15.7. The molecule has 0 aliphatic heterocycles. The fourth-order valence-corrected chi connectivity index (χ4v) is 12.2. The molecule has 0 saturated carbocycles. The topological polar surface area (TPSA) is 3.24 Å². The van der Waals surface area contributed by atoms with Gasteiger partial charge in [-0.2, -0.15) is 0 Å². The van der Waals surface area contributed by atoms with Crippen LogP contribution in [0.2, 0.25) is 0 Å². The molecule has 1 heteroatoms. The van der Waals surface area contributed by atoms with E-state index in [1.165, 1.54) is 117 Å². The van der Waals surface area contributed by atoms with Crippen molar-refractivity contribution in [3.05, 3.63) is 270 Å². The van der Waals surface area contributed by atoms with Gasteiger partial charge in [-0.05, 0) is 143 Å². The summed E-state index contributed by atoms with van der Waals surface area (Å²) in [7, 11) is 0. The number of para-hydroxylation sites is 1. The van der Waals surface area contributed by atoms with Gasteiger partial charge in [-0.25, -0.2) is 0 Å². The molecule has 4 aliphatic carbocycles. The van der Waals surface area contributed by atoms with E-state index in [4.69, 9.17) is 0 Å². The van der Waals surface area contributed by atoms with E-state index in [-0.39, 0.29) is 0 Å². The number of allylic oxidation sites excluding steroid dienone is 4. The molecule has 0 heterocycles. The molecule has 0 aromatic heterocycles. The molecule has 4 aliphatic rings. The first-order valence-corrected chi connectivity index (χ1v) is 23.3. The maximum Gasteiger partial charge on any atom is 0.0726 e. The number of rotatable bonds is 6. The van der Waals surface area contributed by atoms with Crippen LogP contribution in [0.5, 0.6) is 0 Å². The summed E-state index contributed by atoms with van der Waals surface area (Å²) in [5, 5.41) is 2.78. The lowest BCUT2D eigenvalue weighted by molar-refractivity contribution is 0.794. The predicted octanol–water partition coefficient (Wildman–Crippen LogP) is 17.2. The van der Waals surface area contributed by atoms with Crippen LogP contribution in [0.25, 0.3) is 77.6 Å². The summed E-state index contributed by atoms with van der Waals surface area (Å²) in [6.07, 6.45) is 6.95. The minimum absolute atomic E-state index is 0.517. The quantitative estimate of drug-likeness (QED) is 0.161. The summed E-state index contributed by atoms with van der Waals surface area (Å²) >= 11 is 0. The molecule has 1 nitrogen and oxygen atoms in total. The smallest absolute Gasteiger partial charge is 0.0726 e. The van der Waals surface area contributed by atoms with Gasteiger partial charge in [-0.1, -0.05) is 206 Å². The van der Waals surface area contributed by atoms with Gasteiger partial charge in [0.05, 0.1) is 16.8 Å². The van der Waals surface area contributed by atoms with Crippen LogP contribution in [-0.4, -0.2) is 0 Å². The largest absolute Gasteiger partial charge is 0.309 e. The summed E-state index contributed by atoms with van der Waals surface area (Å²) < 4.78 is 0. The standard InChI is InChI=1S/C65H43N/c1-3-17-42(18-4-1)43-33-35-44(36-34-43)45-37-39-47(40-38-45)66(60-31-14-11-21-48(60)46-19-5-2-6-20-46)61-32-16-30-58-64(61)53-25-10-13-29-57(53)65(58)56-28-12-9-24-52(56)63-54-27-15-26-51-49-22-7-8-23-50(49)55(62(51)54)41-59(63)65/h1-6,8-21,23-41H,7,22H2. The Morgan fingerprint density at radius 1 is 0.364 bits per heavy atom. The molecule has 0 amide bonds. The molecule has 0 fully saturated rings. The first-order valence-electron chi connectivity index (χ1n) is 23.3. The molecule has 0 radical (unpaired) electrons. The SMILES string of the molecule is C1=CC2=C(CC1)c1cccc3c4c(cc2c13)C1(c2ccccc2-c2c(N(c3ccc(-c5ccc(-c6ccccc6)cc5)cc3)c3ccccc3-c3ccccc3)cccc21)c1ccccc1-4. The lowest BCUT2D eigenvalue weighted by Crippen LogP contribution is -2.26. The Kier molecular flexibility index (Phi) is 8.09. The van der Waals surface area contributed by atoms with E-state index in [9.17, 15) is 0 Å². The van der Waals surface area contributed by atoms with Gasteiger partial charge in [-0.15, -0.1) is 0 Å². The predicted molar refractivity (Wildman–Crippen MR) is 276 cm³/mol. The van der Waals surface area contributed by atoms with Crippen LogP contribution in [0.15, 0.2) is 237 Å². The van der Waals surface area contributed by atoms with Crippen LogP contribution in [0.3, 0.4) is 0 Å². The average molecular weight is 838 g/mol. The minimum atomic E-state index is -0.517.